The van der Waals surface area contributed by atoms with Gasteiger partial charge in [-0.2, -0.15) is 0 Å². The van der Waals surface area contributed by atoms with E-state index in [1.165, 1.54) is 12.4 Å². The van der Waals surface area contributed by atoms with Gasteiger partial charge in [-0.05, 0) is 0 Å². The van der Waals surface area contributed by atoms with Gasteiger partial charge in [-0.3, -0.25) is 4.79 Å². The molecule has 0 radical (unpaired) electrons. The Kier molecular flexibility index (Phi) is 4.30. The fourth-order valence-electron chi connectivity index (χ4n) is 0.853. The summed E-state index contributed by atoms with van der Waals surface area (Å²) in [4.78, 5) is 18.1. The van der Waals surface area contributed by atoms with Crippen LogP contribution in [0.25, 0.3) is 0 Å². The molecule has 7 heteroatoms. The van der Waals surface area contributed by atoms with Gasteiger partial charge in [-0.25, -0.2) is 9.97 Å². The number of rotatable bonds is 6. The quantitative estimate of drug-likeness (QED) is 0.518. The third-order valence-corrected chi connectivity index (χ3v) is 1.47. The second-order valence-electron chi connectivity index (χ2n) is 2.77. The van der Waals surface area contributed by atoms with E-state index in [0.717, 1.165) is 0 Å². The number of nitrogens with one attached hydrogen (secondary N) is 1. The van der Waals surface area contributed by atoms with Crippen molar-refractivity contribution in [2.24, 2.45) is 5.73 Å². The van der Waals surface area contributed by atoms with Crippen molar-refractivity contribution in [2.75, 3.05) is 30.8 Å². The Hall–Kier alpha value is -1.89. The first-order valence-electron chi connectivity index (χ1n) is 4.36. The van der Waals surface area contributed by atoms with Gasteiger partial charge < -0.3 is 21.5 Å². The Morgan fingerprint density at radius 2 is 2.27 bits per heavy atom. The number of primary amides is 1. The summed E-state index contributed by atoms with van der Waals surface area (Å²) >= 11 is 0. The average molecular weight is 211 g/mol. The van der Waals surface area contributed by atoms with Crippen LogP contribution in [0.3, 0.4) is 0 Å². The molecule has 0 unspecified atom stereocenters. The van der Waals surface area contributed by atoms with E-state index in [9.17, 15) is 4.79 Å². The molecule has 82 valence electrons. The molecule has 0 aliphatic rings. The van der Waals surface area contributed by atoms with E-state index in [2.05, 4.69) is 15.3 Å². The summed E-state index contributed by atoms with van der Waals surface area (Å²) in [7, 11) is 0. The van der Waals surface area contributed by atoms with Crippen molar-refractivity contribution in [1.29, 1.82) is 0 Å². The van der Waals surface area contributed by atoms with Gasteiger partial charge >= 0.3 is 0 Å². The van der Waals surface area contributed by atoms with Crippen molar-refractivity contribution in [1.82, 2.24) is 9.97 Å². The molecule has 1 rings (SSSR count). The monoisotopic (exact) mass is 211 g/mol. The topological polar surface area (TPSA) is 116 Å². The molecule has 1 aromatic rings. The lowest BCUT2D eigenvalue weighted by Gasteiger charge is -2.04. The molecule has 0 aliphatic heterocycles. The lowest BCUT2D eigenvalue weighted by atomic mass is 10.6. The number of hydrogen-bond donors (Lipinski definition) is 3. The van der Waals surface area contributed by atoms with E-state index in [1.807, 2.05) is 0 Å². The Morgan fingerprint density at radius 3 is 2.87 bits per heavy atom. The Labute approximate surface area is 86.8 Å². The predicted octanol–water partition coefficient (Wildman–Crippen LogP) is -1.03. The lowest BCUT2D eigenvalue weighted by Crippen LogP contribution is -2.20. The summed E-state index contributed by atoms with van der Waals surface area (Å²) in [5.41, 5.74) is 10.2. The van der Waals surface area contributed by atoms with Crippen LogP contribution in [0.15, 0.2) is 12.4 Å². The summed E-state index contributed by atoms with van der Waals surface area (Å²) in [6.45, 7) is 0.815. The minimum absolute atomic E-state index is 0.0743. The van der Waals surface area contributed by atoms with Crippen molar-refractivity contribution >= 4 is 17.5 Å². The molecule has 0 saturated heterocycles. The Bertz CT molecular complexity index is 313. The van der Waals surface area contributed by atoms with Crippen LogP contribution in [0.1, 0.15) is 0 Å². The summed E-state index contributed by atoms with van der Waals surface area (Å²) in [6, 6.07) is 0. The minimum atomic E-state index is -0.484. The Balaban J connectivity index is 2.15. The number of nitrogen functional groups attached to an aromatic ring is 1. The predicted molar refractivity (Wildman–Crippen MR) is 54.9 cm³/mol. The van der Waals surface area contributed by atoms with Gasteiger partial charge in [0.1, 0.15) is 18.2 Å². The molecule has 0 saturated carbocycles. The second-order valence-corrected chi connectivity index (χ2v) is 2.77. The van der Waals surface area contributed by atoms with Gasteiger partial charge in [0, 0.05) is 6.54 Å². The zero-order chi connectivity index (χ0) is 11.1. The van der Waals surface area contributed by atoms with Crippen LogP contribution < -0.4 is 16.8 Å². The van der Waals surface area contributed by atoms with Crippen molar-refractivity contribution in [3.8, 4) is 0 Å². The third-order valence-electron chi connectivity index (χ3n) is 1.47. The third kappa shape index (κ3) is 4.77. The molecule has 1 amide bonds. The van der Waals surface area contributed by atoms with Gasteiger partial charge in [-0.1, -0.05) is 0 Å². The van der Waals surface area contributed by atoms with E-state index in [1.54, 1.807) is 0 Å². The van der Waals surface area contributed by atoms with Crippen LogP contribution in [-0.4, -0.2) is 35.6 Å². The van der Waals surface area contributed by atoms with Gasteiger partial charge in [0.15, 0.2) is 0 Å². The van der Waals surface area contributed by atoms with E-state index in [-0.39, 0.29) is 6.61 Å². The molecular weight excluding hydrogens is 198 g/mol. The van der Waals surface area contributed by atoms with Crippen molar-refractivity contribution in [3.63, 3.8) is 0 Å². The molecule has 0 fully saturated rings. The van der Waals surface area contributed by atoms with Crippen LogP contribution in [0, 0.1) is 0 Å². The van der Waals surface area contributed by atoms with E-state index in [4.69, 9.17) is 16.2 Å². The minimum Gasteiger partial charge on any atom is -0.382 e. The smallest absolute Gasteiger partial charge is 0.243 e. The number of carbonyl (C=O) groups is 1. The summed E-state index contributed by atoms with van der Waals surface area (Å²) in [5.74, 6) is 0.486. The van der Waals surface area contributed by atoms with Crippen LogP contribution >= 0.6 is 0 Å². The largest absolute Gasteiger partial charge is 0.382 e. The summed E-state index contributed by atoms with van der Waals surface area (Å²) < 4.78 is 4.93. The molecular formula is C8H13N5O2. The summed E-state index contributed by atoms with van der Waals surface area (Å²) in [6.07, 6.45) is 2.97. The van der Waals surface area contributed by atoms with Gasteiger partial charge in [0.25, 0.3) is 0 Å². The van der Waals surface area contributed by atoms with Crippen molar-refractivity contribution in [3.05, 3.63) is 12.4 Å². The highest BCUT2D eigenvalue weighted by atomic mass is 16.5. The maximum absolute atomic E-state index is 10.3. The van der Waals surface area contributed by atoms with Crippen molar-refractivity contribution in [2.45, 2.75) is 0 Å². The maximum Gasteiger partial charge on any atom is 0.243 e. The molecule has 1 heterocycles. The van der Waals surface area contributed by atoms with Crippen LogP contribution in [0.4, 0.5) is 11.6 Å². The van der Waals surface area contributed by atoms with E-state index >= 15 is 0 Å². The van der Waals surface area contributed by atoms with Crippen LogP contribution in [0.2, 0.25) is 0 Å². The zero-order valence-corrected chi connectivity index (χ0v) is 8.14. The van der Waals surface area contributed by atoms with Crippen molar-refractivity contribution < 1.29 is 9.53 Å². The SMILES string of the molecule is NC(=O)COCCNc1cnc(N)cn1. The molecule has 5 N–H and O–H groups in total. The fraction of sp³-hybridized carbons (Fsp3) is 0.375. The lowest BCUT2D eigenvalue weighted by molar-refractivity contribution is -0.122. The first-order valence-corrected chi connectivity index (χ1v) is 4.36. The van der Waals surface area contributed by atoms with Gasteiger partial charge in [0.2, 0.25) is 5.91 Å². The summed E-state index contributed by atoms with van der Waals surface area (Å²) in [5, 5.41) is 2.94. The zero-order valence-electron chi connectivity index (χ0n) is 8.14. The van der Waals surface area contributed by atoms with E-state index < -0.39 is 5.91 Å². The number of ether oxygens (including phenoxy) is 1. The molecule has 1 aromatic heterocycles. The first-order chi connectivity index (χ1) is 7.18. The number of amides is 1. The number of aromatic nitrogens is 2. The molecule has 7 nitrogen and oxygen atoms in total. The number of hydrogen-bond acceptors (Lipinski definition) is 6. The molecule has 0 atom stereocenters. The number of nitrogens with zero attached hydrogens (tertiary/aromatic N) is 2. The number of anilines is 2. The first kappa shape index (κ1) is 11.2. The number of carbonyl (C=O) groups excluding carboxylic acids is 1. The molecule has 0 aliphatic carbocycles. The van der Waals surface area contributed by atoms with Crippen LogP contribution in [0.5, 0.6) is 0 Å². The second kappa shape index (κ2) is 5.76. The molecule has 15 heavy (non-hydrogen) atoms. The maximum atomic E-state index is 10.3. The van der Waals surface area contributed by atoms with E-state index in [0.29, 0.717) is 24.8 Å². The van der Waals surface area contributed by atoms with Gasteiger partial charge in [0.05, 0.1) is 19.0 Å². The highest BCUT2D eigenvalue weighted by Gasteiger charge is 1.95. The number of nitrogens with two attached hydrogens (primary N) is 2. The Morgan fingerprint density at radius 1 is 1.47 bits per heavy atom. The normalized spacial score (nSPS) is 9.87. The highest BCUT2D eigenvalue weighted by Crippen LogP contribution is 2.00. The average Bonchev–Trinajstić information content (AvgIpc) is 2.20. The highest BCUT2D eigenvalue weighted by molar-refractivity contribution is 5.74. The molecule has 0 spiro atoms. The van der Waals surface area contributed by atoms with Gasteiger partial charge in [-0.15, -0.1) is 0 Å². The fourth-order valence-corrected chi connectivity index (χ4v) is 0.853. The molecule has 0 aromatic carbocycles. The molecule has 0 bridgehead atoms. The standard InChI is InChI=1S/C8H13N5O2/c9-6-3-13-8(4-12-6)11-1-2-15-5-7(10)14/h3-4H,1-2,5H2,(H2,9,12)(H2,10,14)(H,11,13). The van der Waals surface area contributed by atoms with Crippen LogP contribution in [-0.2, 0) is 9.53 Å².